The zero-order chi connectivity index (χ0) is 23.4. The van der Waals surface area contributed by atoms with Crippen molar-refractivity contribution in [3.8, 4) is 22.9 Å². The molecule has 0 bridgehead atoms. The van der Waals surface area contributed by atoms with Crippen LogP contribution in [0.15, 0.2) is 83.2 Å². The van der Waals surface area contributed by atoms with E-state index in [2.05, 4.69) is 11.1 Å². The van der Waals surface area contributed by atoms with Gasteiger partial charge in [-0.1, -0.05) is 60.3 Å². The summed E-state index contributed by atoms with van der Waals surface area (Å²) in [6, 6.07) is 19.9. The van der Waals surface area contributed by atoms with Crippen molar-refractivity contribution in [1.82, 2.24) is 4.98 Å². The van der Waals surface area contributed by atoms with Gasteiger partial charge in [-0.15, -0.1) is 0 Å². The van der Waals surface area contributed by atoms with Gasteiger partial charge in [0.05, 0.1) is 34.1 Å². The molecular formula is C25H18N2O4S2. The largest absolute Gasteiger partial charge is 0.497 e. The third kappa shape index (κ3) is 4.75. The summed E-state index contributed by atoms with van der Waals surface area (Å²) in [6.45, 7) is 0. The molecule has 0 saturated carbocycles. The van der Waals surface area contributed by atoms with E-state index in [1.807, 2.05) is 18.2 Å². The number of nitrogens with zero attached hydrogens (tertiary/aromatic N) is 2. The van der Waals surface area contributed by atoms with E-state index in [0.29, 0.717) is 27.5 Å². The van der Waals surface area contributed by atoms with Crippen LogP contribution in [0.1, 0.15) is 22.1 Å². The van der Waals surface area contributed by atoms with Crippen molar-refractivity contribution in [2.45, 2.75) is 10.3 Å². The molecule has 2 aromatic carbocycles. The first-order chi connectivity index (χ1) is 16.0. The average molecular weight is 475 g/mol. The van der Waals surface area contributed by atoms with Crippen LogP contribution in [0.2, 0.25) is 0 Å². The van der Waals surface area contributed by atoms with Crippen LogP contribution in [-0.4, -0.2) is 27.4 Å². The Morgan fingerprint density at radius 1 is 1.18 bits per heavy atom. The highest BCUT2D eigenvalue weighted by Gasteiger charge is 2.26. The fourth-order valence-electron chi connectivity index (χ4n) is 3.37. The number of carboxylic acid groups (broad SMARTS) is 1. The smallest absolute Gasteiger partial charge is 0.321 e. The van der Waals surface area contributed by atoms with E-state index >= 15 is 0 Å². The lowest BCUT2D eigenvalue weighted by Gasteiger charge is -2.16. The Kier molecular flexibility index (Phi) is 6.73. The quantitative estimate of drug-likeness (QED) is 0.472. The Morgan fingerprint density at radius 3 is 2.48 bits per heavy atom. The molecule has 6 nitrogen and oxygen atoms in total. The van der Waals surface area contributed by atoms with Crippen LogP contribution in [0.4, 0.5) is 0 Å². The molecule has 4 rings (SSSR count). The van der Waals surface area contributed by atoms with E-state index < -0.39 is 22.0 Å². The van der Waals surface area contributed by atoms with Crippen molar-refractivity contribution >= 4 is 33.4 Å². The SMILES string of the molecule is COc1ccc(-c2cc(C3=CC=CS3=O)nc(SC(C(=O)O)c3ccccc3)c2C#N)cc1. The monoisotopic (exact) mass is 474 g/mol. The summed E-state index contributed by atoms with van der Waals surface area (Å²) in [5, 5.41) is 20.8. The number of rotatable bonds is 7. The number of nitriles is 1. The molecule has 1 N–H and O–H groups in total. The number of benzene rings is 2. The molecule has 8 heteroatoms. The van der Waals surface area contributed by atoms with Gasteiger partial charge >= 0.3 is 5.97 Å². The number of hydrogen-bond acceptors (Lipinski definition) is 6. The molecule has 1 aromatic heterocycles. The second kappa shape index (κ2) is 9.86. The highest BCUT2D eigenvalue weighted by atomic mass is 32.2. The zero-order valence-electron chi connectivity index (χ0n) is 17.5. The fraction of sp³-hybridized carbons (Fsp3) is 0.0800. The van der Waals surface area contributed by atoms with Gasteiger partial charge in [-0.25, -0.2) is 9.19 Å². The van der Waals surface area contributed by atoms with Gasteiger partial charge in [-0.3, -0.25) is 4.79 Å². The average Bonchev–Trinajstić information content (AvgIpc) is 3.28. The van der Waals surface area contributed by atoms with Crippen molar-refractivity contribution in [2.75, 3.05) is 7.11 Å². The standard InChI is InChI=1S/C25H18N2O4S2/c1-31-18-11-9-16(10-12-18)19-14-21(22-8-5-13-33(22)30)27-24(20(19)15-26)32-23(25(28)29)17-6-3-2-4-7-17/h2-14,23H,1H3,(H,28,29). The van der Waals surface area contributed by atoms with Crippen LogP contribution in [-0.2, 0) is 15.6 Å². The minimum atomic E-state index is -1.37. The topological polar surface area (TPSA) is 100 Å². The van der Waals surface area contributed by atoms with Crippen LogP contribution in [0.25, 0.3) is 16.0 Å². The van der Waals surface area contributed by atoms with Crippen LogP contribution in [0.3, 0.4) is 0 Å². The number of allylic oxidation sites excluding steroid dienone is 2. The van der Waals surface area contributed by atoms with Crippen LogP contribution < -0.4 is 4.74 Å². The lowest BCUT2D eigenvalue weighted by molar-refractivity contribution is -0.136. The first-order valence-corrected chi connectivity index (χ1v) is 11.9. The van der Waals surface area contributed by atoms with E-state index in [1.54, 1.807) is 67.1 Å². The lowest BCUT2D eigenvalue weighted by atomic mass is 10.0. The predicted molar refractivity (Wildman–Crippen MR) is 129 cm³/mol. The second-order valence-corrected chi connectivity index (χ2v) is 9.38. The molecule has 2 atom stereocenters. The van der Waals surface area contributed by atoms with E-state index in [9.17, 15) is 19.4 Å². The van der Waals surface area contributed by atoms with E-state index in [4.69, 9.17) is 4.74 Å². The summed E-state index contributed by atoms with van der Waals surface area (Å²) in [4.78, 5) is 17.2. The van der Waals surface area contributed by atoms with E-state index in [0.717, 1.165) is 17.3 Å². The molecule has 0 radical (unpaired) electrons. The van der Waals surface area contributed by atoms with Crippen LogP contribution in [0.5, 0.6) is 5.75 Å². The minimum Gasteiger partial charge on any atom is -0.497 e. The molecule has 2 unspecified atom stereocenters. The number of methoxy groups -OCH3 is 1. The number of aromatic nitrogens is 1. The van der Waals surface area contributed by atoms with Gasteiger partial charge in [-0.05, 0) is 35.4 Å². The number of carboxylic acids is 1. The molecule has 0 fully saturated rings. The Bertz CT molecular complexity index is 1330. The molecule has 1 aliphatic rings. The van der Waals surface area contributed by atoms with Gasteiger partial charge in [0.1, 0.15) is 22.1 Å². The van der Waals surface area contributed by atoms with Crippen molar-refractivity contribution in [1.29, 1.82) is 5.26 Å². The molecule has 0 aliphatic carbocycles. The highest BCUT2D eigenvalue weighted by molar-refractivity contribution is 8.00. The Hall–Kier alpha value is -3.67. The van der Waals surface area contributed by atoms with E-state index in [-0.39, 0.29) is 10.6 Å². The van der Waals surface area contributed by atoms with Crippen molar-refractivity contribution < 1.29 is 18.8 Å². The lowest BCUT2D eigenvalue weighted by Crippen LogP contribution is -2.09. The molecular weight excluding hydrogens is 456 g/mol. The van der Waals surface area contributed by atoms with Gasteiger partial charge in [-0.2, -0.15) is 5.26 Å². The molecule has 0 amide bonds. The number of thioether (sulfide) groups is 1. The maximum atomic E-state index is 12.5. The third-order valence-corrected chi connectivity index (χ3v) is 7.39. The predicted octanol–water partition coefficient (Wildman–Crippen LogP) is 5.16. The summed E-state index contributed by atoms with van der Waals surface area (Å²) in [7, 11) is 0.203. The van der Waals surface area contributed by atoms with Gasteiger partial charge < -0.3 is 9.84 Å². The minimum absolute atomic E-state index is 0.258. The Labute approximate surface area is 197 Å². The maximum Gasteiger partial charge on any atom is 0.321 e. The summed E-state index contributed by atoms with van der Waals surface area (Å²) >= 11 is 0.987. The number of ether oxygens (including phenoxy) is 1. The Balaban J connectivity index is 1.88. The summed E-state index contributed by atoms with van der Waals surface area (Å²) in [5.41, 5.74) is 2.59. The molecule has 2 heterocycles. The van der Waals surface area contributed by atoms with Gasteiger partial charge in [0.25, 0.3) is 0 Å². The molecule has 3 aromatic rings. The normalized spacial score (nSPS) is 15.5. The summed E-state index contributed by atoms with van der Waals surface area (Å²) in [5.74, 6) is -0.376. The molecule has 164 valence electrons. The van der Waals surface area contributed by atoms with Gasteiger partial charge in [0, 0.05) is 11.0 Å². The summed E-state index contributed by atoms with van der Waals surface area (Å²) < 4.78 is 17.7. The fourth-order valence-corrected chi connectivity index (χ4v) is 5.30. The van der Waals surface area contributed by atoms with Crippen molar-refractivity contribution in [3.63, 3.8) is 0 Å². The second-order valence-electron chi connectivity index (χ2n) is 6.98. The van der Waals surface area contributed by atoms with Crippen molar-refractivity contribution in [3.05, 3.63) is 95.0 Å². The Morgan fingerprint density at radius 2 is 1.91 bits per heavy atom. The molecule has 0 saturated heterocycles. The van der Waals surface area contributed by atoms with Crippen LogP contribution in [0, 0.1) is 11.3 Å². The molecule has 0 spiro atoms. The molecule has 1 aliphatic heterocycles. The maximum absolute atomic E-state index is 12.5. The zero-order valence-corrected chi connectivity index (χ0v) is 19.1. The highest BCUT2D eigenvalue weighted by Crippen LogP contribution is 2.41. The number of carbonyl (C=O) groups is 1. The van der Waals surface area contributed by atoms with Gasteiger partial charge in [0.15, 0.2) is 0 Å². The first kappa shape index (κ1) is 22.5. The third-order valence-electron chi connectivity index (χ3n) is 4.97. The first-order valence-electron chi connectivity index (χ1n) is 9.85. The van der Waals surface area contributed by atoms with Gasteiger partial charge in [0.2, 0.25) is 0 Å². The number of pyridine rings is 1. The van der Waals surface area contributed by atoms with Crippen molar-refractivity contribution in [2.24, 2.45) is 0 Å². The summed E-state index contributed by atoms with van der Waals surface area (Å²) in [6.07, 6.45) is 3.40. The number of hydrogen-bond donors (Lipinski definition) is 1. The van der Waals surface area contributed by atoms with E-state index in [1.165, 1.54) is 0 Å². The number of aliphatic carboxylic acids is 1. The molecule has 33 heavy (non-hydrogen) atoms. The van der Waals surface area contributed by atoms with Crippen LogP contribution >= 0.6 is 11.8 Å².